The first-order valence-electron chi connectivity index (χ1n) is 11.4. The molecule has 0 aliphatic carbocycles. The van der Waals surface area contributed by atoms with E-state index in [2.05, 4.69) is 16.8 Å². The minimum absolute atomic E-state index is 0.0322. The molecule has 3 heterocycles. The number of piperazine rings is 1. The standard InChI is InChI=1S/C26H32N4O3/c1-26(2)18-30(17-23(31)32)24(19-8-5-4-6-9-19)21(25(26)33)16-20-10-7-11-22(27-20)29-14-12-28(3)13-15-29/h4-11,16,24H,12-15,17-18H2,1-3H3,(H,31,32)/b21-16-. The molecule has 0 amide bonds. The van der Waals surface area contributed by atoms with Crippen molar-refractivity contribution in [3.05, 3.63) is 65.4 Å². The van der Waals surface area contributed by atoms with Crippen molar-refractivity contribution >= 4 is 23.6 Å². The van der Waals surface area contributed by atoms with Crippen LogP contribution in [0.3, 0.4) is 0 Å². The van der Waals surface area contributed by atoms with Crippen LogP contribution in [-0.2, 0) is 9.59 Å². The Morgan fingerprint density at radius 3 is 2.45 bits per heavy atom. The van der Waals surface area contributed by atoms with E-state index in [9.17, 15) is 14.7 Å². The molecule has 0 spiro atoms. The topological polar surface area (TPSA) is 77.0 Å². The second-order valence-electron chi connectivity index (χ2n) is 9.64. The summed E-state index contributed by atoms with van der Waals surface area (Å²) in [6, 6.07) is 15.1. The van der Waals surface area contributed by atoms with E-state index < -0.39 is 17.4 Å². The molecule has 2 saturated heterocycles. The number of piperidine rings is 1. The predicted octanol–water partition coefficient (Wildman–Crippen LogP) is 2.95. The van der Waals surface area contributed by atoms with Gasteiger partial charge in [-0.1, -0.05) is 50.2 Å². The summed E-state index contributed by atoms with van der Waals surface area (Å²) in [4.78, 5) is 36.6. The number of carboxylic acid groups (broad SMARTS) is 1. The number of carboxylic acids is 1. The maximum atomic E-state index is 13.6. The third-order valence-electron chi connectivity index (χ3n) is 6.48. The molecule has 1 unspecified atom stereocenters. The molecule has 0 bridgehead atoms. The second-order valence-corrected chi connectivity index (χ2v) is 9.64. The molecule has 174 valence electrons. The van der Waals surface area contributed by atoms with Gasteiger partial charge >= 0.3 is 5.97 Å². The first-order valence-corrected chi connectivity index (χ1v) is 11.4. The van der Waals surface area contributed by atoms with E-state index in [-0.39, 0.29) is 12.3 Å². The fourth-order valence-electron chi connectivity index (χ4n) is 4.76. The molecule has 7 nitrogen and oxygen atoms in total. The first-order chi connectivity index (χ1) is 15.7. The summed E-state index contributed by atoms with van der Waals surface area (Å²) in [6.45, 7) is 7.80. The molecule has 2 fully saturated rings. The van der Waals surface area contributed by atoms with Crippen LogP contribution in [0.25, 0.3) is 6.08 Å². The average molecular weight is 449 g/mol. The Hall–Kier alpha value is -3.03. The number of aliphatic carboxylic acids is 1. The normalized spacial score (nSPS) is 23.1. The third-order valence-corrected chi connectivity index (χ3v) is 6.48. The number of pyridine rings is 1. The van der Waals surface area contributed by atoms with E-state index in [1.54, 1.807) is 0 Å². The molecule has 1 atom stereocenters. The van der Waals surface area contributed by atoms with Crippen molar-refractivity contribution in [1.29, 1.82) is 0 Å². The van der Waals surface area contributed by atoms with Crippen LogP contribution in [0, 0.1) is 5.41 Å². The number of hydrogen-bond acceptors (Lipinski definition) is 6. The summed E-state index contributed by atoms with van der Waals surface area (Å²) in [5.41, 5.74) is 1.51. The smallest absolute Gasteiger partial charge is 0.317 e. The number of aromatic nitrogens is 1. The Kier molecular flexibility index (Phi) is 6.63. The van der Waals surface area contributed by atoms with Crippen molar-refractivity contribution in [3.63, 3.8) is 0 Å². The zero-order valence-corrected chi connectivity index (χ0v) is 19.6. The molecule has 2 aliphatic heterocycles. The quantitative estimate of drug-likeness (QED) is 0.705. The molecule has 2 aliphatic rings. The fourth-order valence-corrected chi connectivity index (χ4v) is 4.76. The largest absolute Gasteiger partial charge is 0.480 e. The Balaban J connectivity index is 1.75. The van der Waals surface area contributed by atoms with E-state index >= 15 is 0 Å². The minimum atomic E-state index is -0.907. The number of rotatable bonds is 5. The van der Waals surface area contributed by atoms with E-state index in [0.717, 1.165) is 37.6 Å². The Morgan fingerprint density at radius 2 is 1.79 bits per heavy atom. The monoisotopic (exact) mass is 448 g/mol. The van der Waals surface area contributed by atoms with Crippen molar-refractivity contribution in [3.8, 4) is 0 Å². The van der Waals surface area contributed by atoms with Gasteiger partial charge in [-0.3, -0.25) is 14.5 Å². The Morgan fingerprint density at radius 1 is 1.09 bits per heavy atom. The number of carbonyl (C=O) groups excluding carboxylic acids is 1. The predicted molar refractivity (Wildman–Crippen MR) is 129 cm³/mol. The number of likely N-dealkylation sites (tertiary alicyclic amines) is 1. The minimum Gasteiger partial charge on any atom is -0.480 e. The number of benzene rings is 1. The highest BCUT2D eigenvalue weighted by molar-refractivity contribution is 6.05. The number of ketones is 1. The molecule has 0 saturated carbocycles. The number of hydrogen-bond donors (Lipinski definition) is 1. The van der Waals surface area contributed by atoms with Crippen LogP contribution >= 0.6 is 0 Å². The molecule has 1 aromatic carbocycles. The van der Waals surface area contributed by atoms with Crippen LogP contribution in [0.15, 0.2) is 54.1 Å². The third kappa shape index (κ3) is 5.15. The van der Waals surface area contributed by atoms with Crippen LogP contribution < -0.4 is 4.90 Å². The number of carbonyl (C=O) groups is 2. The lowest BCUT2D eigenvalue weighted by molar-refractivity contribution is -0.141. The number of likely N-dealkylation sites (N-methyl/N-ethyl adjacent to an activating group) is 1. The fraction of sp³-hybridized carbons (Fsp3) is 0.423. The van der Waals surface area contributed by atoms with E-state index in [1.165, 1.54) is 0 Å². The van der Waals surface area contributed by atoms with Gasteiger partial charge in [0.05, 0.1) is 18.3 Å². The van der Waals surface area contributed by atoms with Crippen molar-refractivity contribution in [2.75, 3.05) is 51.2 Å². The first kappa shape index (κ1) is 23.1. The van der Waals surface area contributed by atoms with E-state index in [1.807, 2.05) is 73.4 Å². The Labute approximate surface area is 195 Å². The van der Waals surface area contributed by atoms with Crippen molar-refractivity contribution < 1.29 is 14.7 Å². The average Bonchev–Trinajstić information content (AvgIpc) is 2.78. The van der Waals surface area contributed by atoms with Crippen LogP contribution in [0.2, 0.25) is 0 Å². The maximum absolute atomic E-state index is 13.6. The summed E-state index contributed by atoms with van der Waals surface area (Å²) < 4.78 is 0. The van der Waals surface area contributed by atoms with Gasteiger partial charge in [-0.25, -0.2) is 4.98 Å². The SMILES string of the molecule is CN1CCN(c2cccc(/C=C3\C(=O)C(C)(C)CN(CC(=O)O)C3c3ccccc3)n2)CC1. The molecular formula is C26H32N4O3. The molecule has 0 radical (unpaired) electrons. The molecule has 4 rings (SSSR count). The van der Waals surface area contributed by atoms with Crippen molar-refractivity contribution in [1.82, 2.24) is 14.8 Å². The van der Waals surface area contributed by atoms with Gasteiger partial charge in [0.2, 0.25) is 0 Å². The molecule has 1 N–H and O–H groups in total. The molecular weight excluding hydrogens is 416 g/mol. The zero-order valence-electron chi connectivity index (χ0n) is 19.6. The van der Waals surface area contributed by atoms with Crippen LogP contribution in [0.4, 0.5) is 5.82 Å². The summed E-state index contributed by atoms with van der Waals surface area (Å²) in [5, 5.41) is 9.57. The lowest BCUT2D eigenvalue weighted by Gasteiger charge is -2.43. The number of anilines is 1. The lowest BCUT2D eigenvalue weighted by Crippen LogP contribution is -2.50. The summed E-state index contributed by atoms with van der Waals surface area (Å²) in [7, 11) is 2.12. The van der Waals surface area contributed by atoms with Gasteiger partial charge in [0.25, 0.3) is 0 Å². The Bertz CT molecular complexity index is 1040. The van der Waals surface area contributed by atoms with Gasteiger partial charge in [-0.2, -0.15) is 0 Å². The zero-order chi connectivity index (χ0) is 23.6. The van der Waals surface area contributed by atoms with Crippen LogP contribution in [0.5, 0.6) is 0 Å². The van der Waals surface area contributed by atoms with Gasteiger partial charge in [-0.15, -0.1) is 0 Å². The summed E-state index contributed by atoms with van der Waals surface area (Å²) in [6.07, 6.45) is 1.86. The van der Waals surface area contributed by atoms with Crippen molar-refractivity contribution in [2.45, 2.75) is 19.9 Å². The van der Waals surface area contributed by atoms with Gasteiger partial charge in [-0.05, 0) is 30.8 Å². The number of Topliss-reactive ketones (excluding diaryl/α,β-unsaturated/α-hetero) is 1. The lowest BCUT2D eigenvalue weighted by atomic mass is 9.74. The highest BCUT2D eigenvalue weighted by Gasteiger charge is 2.44. The van der Waals surface area contributed by atoms with Gasteiger partial charge in [0, 0.05) is 43.7 Å². The number of nitrogens with zero attached hydrogens (tertiary/aromatic N) is 4. The summed E-state index contributed by atoms with van der Waals surface area (Å²) in [5.74, 6) is 0.0269. The molecule has 7 heteroatoms. The highest BCUT2D eigenvalue weighted by Crippen LogP contribution is 2.41. The van der Waals surface area contributed by atoms with Crippen LogP contribution in [0.1, 0.15) is 31.1 Å². The van der Waals surface area contributed by atoms with Crippen molar-refractivity contribution in [2.24, 2.45) is 5.41 Å². The second kappa shape index (κ2) is 9.45. The van der Waals surface area contributed by atoms with Gasteiger partial charge in [0.15, 0.2) is 5.78 Å². The molecule has 2 aromatic rings. The molecule has 33 heavy (non-hydrogen) atoms. The summed E-state index contributed by atoms with van der Waals surface area (Å²) >= 11 is 0. The maximum Gasteiger partial charge on any atom is 0.317 e. The van der Waals surface area contributed by atoms with Crippen LogP contribution in [-0.4, -0.2) is 78.0 Å². The van der Waals surface area contributed by atoms with E-state index in [0.29, 0.717) is 17.8 Å². The highest BCUT2D eigenvalue weighted by atomic mass is 16.4. The van der Waals surface area contributed by atoms with E-state index in [4.69, 9.17) is 4.98 Å². The molecule has 1 aromatic heterocycles. The van der Waals surface area contributed by atoms with Gasteiger partial charge in [0.1, 0.15) is 5.82 Å². The van der Waals surface area contributed by atoms with Gasteiger partial charge < -0.3 is 14.9 Å².